The second-order valence-electron chi connectivity index (χ2n) is 4.04. The number of hydrazine groups is 1. The van der Waals surface area contributed by atoms with Crippen LogP contribution in [0.25, 0.3) is 0 Å². The highest BCUT2D eigenvalue weighted by atomic mass is 19.1. The third-order valence-electron chi connectivity index (χ3n) is 2.67. The summed E-state index contributed by atoms with van der Waals surface area (Å²) in [6.07, 6.45) is 0. The monoisotopic (exact) mass is 246 g/mol. The van der Waals surface area contributed by atoms with Crippen molar-refractivity contribution >= 4 is 5.69 Å². The number of hydrogen-bond donors (Lipinski definition) is 2. The van der Waals surface area contributed by atoms with E-state index in [2.05, 4.69) is 5.43 Å². The highest BCUT2D eigenvalue weighted by Gasteiger charge is 2.00. The standard InChI is InChI=1S/C14H15FN2O/c1-10-8-13(6-7-14(10)17-16)18-9-11-2-4-12(15)5-3-11/h2-8,17H,9,16H2,1H3. The molecule has 2 aromatic rings. The first kappa shape index (κ1) is 12.4. The van der Waals surface area contributed by atoms with Gasteiger partial charge in [0.2, 0.25) is 0 Å². The lowest BCUT2D eigenvalue weighted by Crippen LogP contribution is -2.08. The minimum Gasteiger partial charge on any atom is -0.489 e. The SMILES string of the molecule is Cc1cc(OCc2ccc(F)cc2)ccc1NN. The number of ether oxygens (including phenoxy) is 1. The fourth-order valence-corrected chi connectivity index (χ4v) is 1.64. The predicted molar refractivity (Wildman–Crippen MR) is 69.7 cm³/mol. The normalized spacial score (nSPS) is 10.2. The Bertz CT molecular complexity index is 526. The Morgan fingerprint density at radius 2 is 1.89 bits per heavy atom. The molecule has 0 aliphatic heterocycles. The molecule has 0 radical (unpaired) electrons. The Balaban J connectivity index is 2.02. The first-order valence-corrected chi connectivity index (χ1v) is 5.63. The topological polar surface area (TPSA) is 47.3 Å². The summed E-state index contributed by atoms with van der Waals surface area (Å²) in [7, 11) is 0. The van der Waals surface area contributed by atoms with Crippen molar-refractivity contribution in [2.75, 3.05) is 5.43 Å². The molecule has 3 N–H and O–H groups in total. The van der Waals surface area contributed by atoms with Crippen LogP contribution in [0.3, 0.4) is 0 Å². The second-order valence-corrected chi connectivity index (χ2v) is 4.04. The zero-order valence-corrected chi connectivity index (χ0v) is 10.1. The van der Waals surface area contributed by atoms with Crippen LogP contribution in [0.2, 0.25) is 0 Å². The average Bonchev–Trinajstić information content (AvgIpc) is 2.38. The zero-order chi connectivity index (χ0) is 13.0. The molecule has 0 bridgehead atoms. The summed E-state index contributed by atoms with van der Waals surface area (Å²) in [5.74, 6) is 5.87. The van der Waals surface area contributed by atoms with Crippen molar-refractivity contribution in [3.63, 3.8) is 0 Å². The number of aryl methyl sites for hydroxylation is 1. The van der Waals surface area contributed by atoms with Crippen LogP contribution in [0.5, 0.6) is 5.75 Å². The van der Waals surface area contributed by atoms with Gasteiger partial charge in [-0.1, -0.05) is 12.1 Å². The molecule has 0 atom stereocenters. The molecule has 18 heavy (non-hydrogen) atoms. The van der Waals surface area contributed by atoms with E-state index in [4.69, 9.17) is 10.6 Å². The maximum Gasteiger partial charge on any atom is 0.123 e. The van der Waals surface area contributed by atoms with E-state index in [1.54, 1.807) is 12.1 Å². The number of anilines is 1. The molecule has 94 valence electrons. The molecule has 4 heteroatoms. The van der Waals surface area contributed by atoms with E-state index in [0.717, 1.165) is 22.6 Å². The van der Waals surface area contributed by atoms with Crippen LogP contribution >= 0.6 is 0 Å². The van der Waals surface area contributed by atoms with Crippen LogP contribution in [0.15, 0.2) is 42.5 Å². The molecule has 0 aliphatic carbocycles. The van der Waals surface area contributed by atoms with Gasteiger partial charge < -0.3 is 10.2 Å². The van der Waals surface area contributed by atoms with Gasteiger partial charge in [-0.3, -0.25) is 5.84 Å². The van der Waals surface area contributed by atoms with Crippen molar-refractivity contribution in [2.24, 2.45) is 5.84 Å². The Labute approximate surface area is 105 Å². The lowest BCUT2D eigenvalue weighted by Gasteiger charge is -2.09. The summed E-state index contributed by atoms with van der Waals surface area (Å²) in [5.41, 5.74) is 5.40. The number of rotatable bonds is 4. The van der Waals surface area contributed by atoms with Crippen molar-refractivity contribution in [1.82, 2.24) is 0 Å². The third-order valence-corrected chi connectivity index (χ3v) is 2.67. The summed E-state index contributed by atoms with van der Waals surface area (Å²) in [5, 5.41) is 0. The Hall–Kier alpha value is -2.07. The Morgan fingerprint density at radius 1 is 1.17 bits per heavy atom. The van der Waals surface area contributed by atoms with Crippen molar-refractivity contribution in [2.45, 2.75) is 13.5 Å². The smallest absolute Gasteiger partial charge is 0.123 e. The largest absolute Gasteiger partial charge is 0.489 e. The van der Waals surface area contributed by atoms with Crippen LogP contribution in [0.4, 0.5) is 10.1 Å². The molecule has 0 aliphatic rings. The molecule has 0 saturated carbocycles. The molecule has 0 fully saturated rings. The minimum absolute atomic E-state index is 0.243. The van der Waals surface area contributed by atoms with E-state index >= 15 is 0 Å². The first-order valence-electron chi connectivity index (χ1n) is 5.63. The van der Waals surface area contributed by atoms with Gasteiger partial charge in [0.15, 0.2) is 0 Å². The fourth-order valence-electron chi connectivity index (χ4n) is 1.64. The summed E-state index contributed by atoms with van der Waals surface area (Å²) in [6, 6.07) is 11.9. The van der Waals surface area contributed by atoms with E-state index in [1.165, 1.54) is 12.1 Å². The number of nitrogens with one attached hydrogen (secondary N) is 1. The summed E-state index contributed by atoms with van der Waals surface area (Å²) >= 11 is 0. The Morgan fingerprint density at radius 3 is 2.50 bits per heavy atom. The number of nitrogens with two attached hydrogens (primary N) is 1. The maximum absolute atomic E-state index is 12.7. The van der Waals surface area contributed by atoms with E-state index in [1.807, 2.05) is 25.1 Å². The van der Waals surface area contributed by atoms with Gasteiger partial charge in [0.05, 0.1) is 5.69 Å². The molecule has 0 heterocycles. The lowest BCUT2D eigenvalue weighted by molar-refractivity contribution is 0.306. The number of halogens is 1. The molecule has 0 amide bonds. The van der Waals surface area contributed by atoms with Gasteiger partial charge >= 0.3 is 0 Å². The van der Waals surface area contributed by atoms with Gasteiger partial charge in [-0.15, -0.1) is 0 Å². The van der Waals surface area contributed by atoms with Gasteiger partial charge in [-0.2, -0.15) is 0 Å². The fraction of sp³-hybridized carbons (Fsp3) is 0.143. The Kier molecular flexibility index (Phi) is 3.79. The number of nitrogen functional groups attached to an aromatic ring is 1. The molecule has 0 unspecified atom stereocenters. The third kappa shape index (κ3) is 2.99. The van der Waals surface area contributed by atoms with Gasteiger partial charge in [0, 0.05) is 0 Å². The minimum atomic E-state index is -0.243. The molecule has 2 rings (SSSR count). The zero-order valence-electron chi connectivity index (χ0n) is 10.1. The van der Waals surface area contributed by atoms with Gasteiger partial charge in [-0.05, 0) is 48.4 Å². The highest BCUT2D eigenvalue weighted by molar-refractivity contribution is 5.52. The van der Waals surface area contributed by atoms with Crippen LogP contribution < -0.4 is 16.0 Å². The van der Waals surface area contributed by atoms with Crippen molar-refractivity contribution in [3.05, 3.63) is 59.4 Å². The van der Waals surface area contributed by atoms with Crippen molar-refractivity contribution in [1.29, 1.82) is 0 Å². The van der Waals surface area contributed by atoms with Crippen LogP contribution in [-0.4, -0.2) is 0 Å². The summed E-state index contributed by atoms with van der Waals surface area (Å²) in [6.45, 7) is 2.36. The molecule has 0 saturated heterocycles. The van der Waals surface area contributed by atoms with Crippen LogP contribution in [0, 0.1) is 12.7 Å². The molecular formula is C14H15FN2O. The molecule has 3 nitrogen and oxygen atoms in total. The van der Waals surface area contributed by atoms with E-state index < -0.39 is 0 Å². The second kappa shape index (κ2) is 5.51. The van der Waals surface area contributed by atoms with Gasteiger partial charge in [0.1, 0.15) is 18.2 Å². The van der Waals surface area contributed by atoms with Crippen LogP contribution in [0.1, 0.15) is 11.1 Å². The average molecular weight is 246 g/mol. The van der Waals surface area contributed by atoms with E-state index in [9.17, 15) is 4.39 Å². The molecular weight excluding hydrogens is 231 g/mol. The first-order chi connectivity index (χ1) is 8.69. The quantitative estimate of drug-likeness (QED) is 0.644. The highest BCUT2D eigenvalue weighted by Crippen LogP contribution is 2.21. The van der Waals surface area contributed by atoms with Crippen LogP contribution in [-0.2, 0) is 6.61 Å². The summed E-state index contributed by atoms with van der Waals surface area (Å²) in [4.78, 5) is 0. The van der Waals surface area contributed by atoms with Gasteiger partial charge in [-0.25, -0.2) is 4.39 Å². The van der Waals surface area contributed by atoms with E-state index in [-0.39, 0.29) is 5.82 Å². The molecule has 2 aromatic carbocycles. The molecule has 0 spiro atoms. The number of benzene rings is 2. The van der Waals surface area contributed by atoms with Gasteiger partial charge in [0.25, 0.3) is 0 Å². The lowest BCUT2D eigenvalue weighted by atomic mass is 10.2. The number of hydrogen-bond acceptors (Lipinski definition) is 3. The molecule has 0 aromatic heterocycles. The predicted octanol–water partition coefficient (Wildman–Crippen LogP) is 3.00. The van der Waals surface area contributed by atoms with E-state index in [0.29, 0.717) is 6.61 Å². The van der Waals surface area contributed by atoms with Crippen molar-refractivity contribution < 1.29 is 9.13 Å². The maximum atomic E-state index is 12.7. The summed E-state index contributed by atoms with van der Waals surface area (Å²) < 4.78 is 18.3. The van der Waals surface area contributed by atoms with Crippen molar-refractivity contribution in [3.8, 4) is 5.75 Å².